The number of hydrogen-bond acceptors (Lipinski definition) is 1. The smallest absolute Gasteiger partial charge is 0.0660 e. The molecule has 1 nitrogen and oxygen atoms in total. The van der Waals surface area contributed by atoms with E-state index in [-0.39, 0.29) is 0 Å². The van der Waals surface area contributed by atoms with Crippen LogP contribution in [-0.2, 0) is 0 Å². The van der Waals surface area contributed by atoms with Gasteiger partial charge in [0, 0.05) is 5.71 Å². The van der Waals surface area contributed by atoms with Crippen molar-refractivity contribution in [1.82, 2.24) is 0 Å². The van der Waals surface area contributed by atoms with E-state index in [1.165, 1.54) is 16.8 Å². The summed E-state index contributed by atoms with van der Waals surface area (Å²) < 4.78 is 0. The van der Waals surface area contributed by atoms with Crippen LogP contribution >= 0.6 is 0 Å². The summed E-state index contributed by atoms with van der Waals surface area (Å²) in [6, 6.07) is 6.25. The molecule has 1 rings (SSSR count). The fourth-order valence-electron chi connectivity index (χ4n) is 1.14. The summed E-state index contributed by atoms with van der Waals surface area (Å²) in [5.41, 5.74) is 4.90. The Kier molecular flexibility index (Phi) is 3.24. The summed E-state index contributed by atoms with van der Waals surface area (Å²) in [6.07, 6.45) is 1.02. The van der Waals surface area contributed by atoms with Crippen LogP contribution < -0.4 is 0 Å². The van der Waals surface area contributed by atoms with Gasteiger partial charge in [0.05, 0.1) is 5.69 Å². The van der Waals surface area contributed by atoms with Gasteiger partial charge in [-0.25, -0.2) is 0 Å². The Hall–Kier alpha value is -1.11. The molecule has 0 radical (unpaired) electrons. The molecule has 0 aliphatic heterocycles. The quantitative estimate of drug-likeness (QED) is 0.606. The lowest BCUT2D eigenvalue weighted by molar-refractivity contribution is 1.23. The van der Waals surface area contributed by atoms with Gasteiger partial charge in [-0.05, 0) is 44.4 Å². The Labute approximate surface area is 80.5 Å². The molecule has 13 heavy (non-hydrogen) atoms. The molecule has 0 aliphatic rings. The molecule has 70 valence electrons. The van der Waals surface area contributed by atoms with Crippen molar-refractivity contribution >= 4 is 11.4 Å². The minimum Gasteiger partial charge on any atom is -0.258 e. The molecule has 0 spiro atoms. The Balaban J connectivity index is 3.09. The van der Waals surface area contributed by atoms with E-state index in [9.17, 15) is 0 Å². The number of hydrogen-bond donors (Lipinski definition) is 0. The Bertz CT molecular complexity index is 324. The molecule has 0 unspecified atom stereocenters. The van der Waals surface area contributed by atoms with Crippen LogP contribution in [0, 0.1) is 13.8 Å². The molecule has 0 aromatic heterocycles. The van der Waals surface area contributed by atoms with Gasteiger partial charge in [0.2, 0.25) is 0 Å². The van der Waals surface area contributed by atoms with Gasteiger partial charge in [0.15, 0.2) is 0 Å². The van der Waals surface area contributed by atoms with E-state index in [4.69, 9.17) is 0 Å². The molecular formula is C12H17N. The summed E-state index contributed by atoms with van der Waals surface area (Å²) in [7, 11) is 0. The highest BCUT2D eigenvalue weighted by Gasteiger charge is 1.98. The first-order valence-electron chi connectivity index (χ1n) is 4.75. The van der Waals surface area contributed by atoms with Crippen LogP contribution in [0.4, 0.5) is 5.69 Å². The topological polar surface area (TPSA) is 12.4 Å². The Morgan fingerprint density at radius 1 is 1.31 bits per heavy atom. The van der Waals surface area contributed by atoms with Gasteiger partial charge in [-0.15, -0.1) is 0 Å². The Morgan fingerprint density at radius 2 is 2.00 bits per heavy atom. The highest BCUT2D eigenvalue weighted by Crippen LogP contribution is 2.21. The fourth-order valence-corrected chi connectivity index (χ4v) is 1.14. The second-order valence-corrected chi connectivity index (χ2v) is 3.42. The second kappa shape index (κ2) is 4.22. The third-order valence-electron chi connectivity index (χ3n) is 2.40. The first-order chi connectivity index (χ1) is 6.15. The minimum atomic E-state index is 1.02. The van der Waals surface area contributed by atoms with Gasteiger partial charge in [0.25, 0.3) is 0 Å². The van der Waals surface area contributed by atoms with Crippen molar-refractivity contribution in [2.24, 2.45) is 4.99 Å². The number of aryl methyl sites for hydroxylation is 1. The molecule has 0 saturated carbocycles. The van der Waals surface area contributed by atoms with E-state index >= 15 is 0 Å². The maximum Gasteiger partial charge on any atom is 0.0660 e. The third kappa shape index (κ3) is 2.41. The van der Waals surface area contributed by atoms with Crippen molar-refractivity contribution in [1.29, 1.82) is 0 Å². The number of benzene rings is 1. The molecule has 0 N–H and O–H groups in total. The van der Waals surface area contributed by atoms with Crippen molar-refractivity contribution in [3.63, 3.8) is 0 Å². The summed E-state index contributed by atoms with van der Waals surface area (Å²) in [6.45, 7) is 8.44. The highest BCUT2D eigenvalue weighted by molar-refractivity contribution is 5.84. The molecule has 1 aromatic rings. The van der Waals surface area contributed by atoms with Crippen molar-refractivity contribution in [3.8, 4) is 0 Å². The molecule has 0 atom stereocenters. The Morgan fingerprint density at radius 3 is 2.62 bits per heavy atom. The zero-order valence-corrected chi connectivity index (χ0v) is 8.89. The normalized spacial score (nSPS) is 11.8. The summed E-state index contributed by atoms with van der Waals surface area (Å²) in [4.78, 5) is 4.55. The number of nitrogens with zero attached hydrogens (tertiary/aromatic N) is 1. The standard InChI is InChI=1S/C12H17N/c1-5-10(3)13-12-8-6-7-9(2)11(12)4/h6-8H,5H2,1-4H3. The van der Waals surface area contributed by atoms with E-state index in [0.29, 0.717) is 0 Å². The average Bonchev–Trinajstić information content (AvgIpc) is 2.13. The van der Waals surface area contributed by atoms with Crippen LogP contribution in [0.2, 0.25) is 0 Å². The zero-order valence-electron chi connectivity index (χ0n) is 8.89. The largest absolute Gasteiger partial charge is 0.258 e. The minimum absolute atomic E-state index is 1.02. The van der Waals surface area contributed by atoms with Crippen LogP contribution in [-0.4, -0.2) is 5.71 Å². The SMILES string of the molecule is CCC(C)=Nc1cccc(C)c1C. The third-order valence-corrected chi connectivity index (χ3v) is 2.40. The maximum atomic E-state index is 4.55. The molecule has 0 aliphatic carbocycles. The molecule has 0 bridgehead atoms. The predicted octanol–water partition coefficient (Wildman–Crippen LogP) is 3.81. The van der Waals surface area contributed by atoms with Crippen molar-refractivity contribution < 1.29 is 0 Å². The summed E-state index contributed by atoms with van der Waals surface area (Å²) in [5.74, 6) is 0. The van der Waals surface area contributed by atoms with Crippen LogP contribution in [0.25, 0.3) is 0 Å². The summed E-state index contributed by atoms with van der Waals surface area (Å²) >= 11 is 0. The van der Waals surface area contributed by atoms with Gasteiger partial charge < -0.3 is 0 Å². The molecule has 0 heterocycles. The van der Waals surface area contributed by atoms with E-state index in [2.05, 4.69) is 50.9 Å². The lowest BCUT2D eigenvalue weighted by Gasteiger charge is -2.04. The monoisotopic (exact) mass is 175 g/mol. The van der Waals surface area contributed by atoms with Gasteiger partial charge in [-0.1, -0.05) is 19.1 Å². The first-order valence-corrected chi connectivity index (χ1v) is 4.75. The van der Waals surface area contributed by atoms with Crippen molar-refractivity contribution in [2.75, 3.05) is 0 Å². The summed E-state index contributed by atoms with van der Waals surface area (Å²) in [5, 5.41) is 0. The van der Waals surface area contributed by atoms with E-state index < -0.39 is 0 Å². The van der Waals surface area contributed by atoms with Crippen LogP contribution in [0.3, 0.4) is 0 Å². The van der Waals surface area contributed by atoms with Gasteiger partial charge in [0.1, 0.15) is 0 Å². The first kappa shape index (κ1) is 9.97. The van der Waals surface area contributed by atoms with Gasteiger partial charge in [-0.2, -0.15) is 0 Å². The van der Waals surface area contributed by atoms with Crippen LogP contribution in [0.15, 0.2) is 23.2 Å². The lowest BCUT2D eigenvalue weighted by atomic mass is 10.1. The zero-order chi connectivity index (χ0) is 9.84. The predicted molar refractivity (Wildman–Crippen MR) is 59.0 cm³/mol. The van der Waals surface area contributed by atoms with Gasteiger partial charge in [-0.3, -0.25) is 4.99 Å². The molecule has 0 amide bonds. The molecule has 0 saturated heterocycles. The van der Waals surface area contributed by atoms with Crippen LogP contribution in [0.5, 0.6) is 0 Å². The molecular weight excluding hydrogens is 158 g/mol. The molecule has 1 aromatic carbocycles. The van der Waals surface area contributed by atoms with Crippen LogP contribution in [0.1, 0.15) is 31.4 Å². The molecule has 0 fully saturated rings. The lowest BCUT2D eigenvalue weighted by Crippen LogP contribution is -1.87. The van der Waals surface area contributed by atoms with Crippen molar-refractivity contribution in [3.05, 3.63) is 29.3 Å². The maximum absolute atomic E-state index is 4.55. The molecule has 1 heteroatoms. The average molecular weight is 175 g/mol. The highest BCUT2D eigenvalue weighted by atomic mass is 14.7. The second-order valence-electron chi connectivity index (χ2n) is 3.42. The van der Waals surface area contributed by atoms with E-state index in [0.717, 1.165) is 12.1 Å². The van der Waals surface area contributed by atoms with E-state index in [1.807, 2.05) is 0 Å². The van der Waals surface area contributed by atoms with E-state index in [1.54, 1.807) is 0 Å². The fraction of sp³-hybridized carbons (Fsp3) is 0.417. The number of aliphatic imine (C=N–C) groups is 1. The van der Waals surface area contributed by atoms with Gasteiger partial charge >= 0.3 is 0 Å². The number of rotatable bonds is 2. The van der Waals surface area contributed by atoms with Crippen molar-refractivity contribution in [2.45, 2.75) is 34.1 Å².